The number of hydrogen-bond donors (Lipinski definition) is 2. The Labute approximate surface area is 92.5 Å². The molecular weight excluding hydrogens is 206 g/mol. The molecule has 2 N–H and O–H groups in total. The highest BCUT2D eigenvalue weighted by molar-refractivity contribution is 5.98. The van der Waals surface area contributed by atoms with E-state index in [1.165, 1.54) is 0 Å². The van der Waals surface area contributed by atoms with E-state index in [0.717, 1.165) is 5.56 Å². The van der Waals surface area contributed by atoms with E-state index in [1.807, 2.05) is 6.07 Å². The Balaban J connectivity index is 2.62. The second-order valence-corrected chi connectivity index (χ2v) is 3.26. The van der Waals surface area contributed by atoms with Gasteiger partial charge in [-0.15, -0.1) is 0 Å². The average Bonchev–Trinajstić information content (AvgIpc) is 2.81. The molecule has 0 unspecified atom stereocenters. The molecule has 2 aromatic rings. The van der Waals surface area contributed by atoms with Crippen LogP contribution in [0, 0.1) is 0 Å². The zero-order chi connectivity index (χ0) is 11.5. The van der Waals surface area contributed by atoms with Crippen LogP contribution in [0.1, 0.15) is 10.4 Å². The predicted molar refractivity (Wildman–Crippen MR) is 60.7 cm³/mol. The number of furan rings is 1. The van der Waals surface area contributed by atoms with Gasteiger partial charge in [0.2, 0.25) is 0 Å². The molecule has 0 fully saturated rings. The van der Waals surface area contributed by atoms with E-state index < -0.39 is 5.97 Å². The number of carboxylic acid groups (broad SMARTS) is 1. The Morgan fingerprint density at radius 3 is 2.69 bits per heavy atom. The molecule has 0 spiro atoms. The van der Waals surface area contributed by atoms with Crippen molar-refractivity contribution < 1.29 is 14.3 Å². The third kappa shape index (κ3) is 1.65. The maximum atomic E-state index is 11.0. The lowest BCUT2D eigenvalue weighted by molar-refractivity contribution is 0.0698. The lowest BCUT2D eigenvalue weighted by Crippen LogP contribution is -2.03. The van der Waals surface area contributed by atoms with Crippen LogP contribution in [0.15, 0.2) is 41.0 Å². The molecule has 4 nitrogen and oxygen atoms in total. The number of carboxylic acids is 1. The van der Waals surface area contributed by atoms with Crippen molar-refractivity contribution in [2.75, 3.05) is 12.4 Å². The maximum absolute atomic E-state index is 11.0. The first kappa shape index (κ1) is 10.3. The molecule has 0 aliphatic carbocycles. The van der Waals surface area contributed by atoms with Gasteiger partial charge in [-0.05, 0) is 24.3 Å². The molecule has 0 saturated heterocycles. The SMILES string of the molecule is CNc1c(C(=O)O)cccc1-c1ccco1. The van der Waals surface area contributed by atoms with E-state index in [2.05, 4.69) is 5.32 Å². The van der Waals surface area contributed by atoms with Crippen molar-refractivity contribution in [1.29, 1.82) is 0 Å². The molecule has 0 radical (unpaired) electrons. The van der Waals surface area contributed by atoms with Gasteiger partial charge in [-0.25, -0.2) is 4.79 Å². The number of para-hydroxylation sites is 1. The number of aromatic carboxylic acids is 1. The van der Waals surface area contributed by atoms with Gasteiger partial charge in [0.1, 0.15) is 5.76 Å². The Morgan fingerprint density at radius 2 is 2.12 bits per heavy atom. The normalized spacial score (nSPS) is 10.1. The molecule has 0 aliphatic heterocycles. The fraction of sp³-hybridized carbons (Fsp3) is 0.0833. The summed E-state index contributed by atoms with van der Waals surface area (Å²) in [6.07, 6.45) is 1.56. The number of nitrogens with one attached hydrogen (secondary N) is 1. The summed E-state index contributed by atoms with van der Waals surface area (Å²) in [6, 6.07) is 8.63. The molecular formula is C12H11NO3. The minimum atomic E-state index is -0.960. The van der Waals surface area contributed by atoms with Crippen LogP contribution < -0.4 is 5.32 Å². The van der Waals surface area contributed by atoms with Crippen molar-refractivity contribution in [3.8, 4) is 11.3 Å². The second kappa shape index (κ2) is 4.10. The highest BCUT2D eigenvalue weighted by Crippen LogP contribution is 2.30. The third-order valence-electron chi connectivity index (χ3n) is 2.33. The zero-order valence-electron chi connectivity index (χ0n) is 8.73. The van der Waals surface area contributed by atoms with Gasteiger partial charge in [-0.2, -0.15) is 0 Å². The molecule has 16 heavy (non-hydrogen) atoms. The van der Waals surface area contributed by atoms with Crippen LogP contribution in [0.5, 0.6) is 0 Å². The highest BCUT2D eigenvalue weighted by Gasteiger charge is 2.14. The fourth-order valence-electron chi connectivity index (χ4n) is 1.64. The number of benzene rings is 1. The average molecular weight is 217 g/mol. The molecule has 0 bridgehead atoms. The first-order chi connectivity index (χ1) is 7.74. The van der Waals surface area contributed by atoms with E-state index in [-0.39, 0.29) is 5.56 Å². The Morgan fingerprint density at radius 1 is 1.31 bits per heavy atom. The van der Waals surface area contributed by atoms with Gasteiger partial charge in [-0.3, -0.25) is 0 Å². The molecule has 0 saturated carbocycles. The highest BCUT2D eigenvalue weighted by atomic mass is 16.4. The number of hydrogen-bond acceptors (Lipinski definition) is 3. The molecule has 82 valence electrons. The number of anilines is 1. The second-order valence-electron chi connectivity index (χ2n) is 3.26. The summed E-state index contributed by atoms with van der Waals surface area (Å²) in [4.78, 5) is 11.0. The zero-order valence-corrected chi connectivity index (χ0v) is 8.73. The smallest absolute Gasteiger partial charge is 0.337 e. The third-order valence-corrected chi connectivity index (χ3v) is 2.33. The Kier molecular flexibility index (Phi) is 2.64. The summed E-state index contributed by atoms with van der Waals surface area (Å²) in [5, 5.41) is 11.9. The maximum Gasteiger partial charge on any atom is 0.337 e. The molecule has 0 amide bonds. The van der Waals surface area contributed by atoms with Gasteiger partial charge in [-0.1, -0.05) is 6.07 Å². The quantitative estimate of drug-likeness (QED) is 0.829. The summed E-state index contributed by atoms with van der Waals surface area (Å²) in [5.41, 5.74) is 1.54. The largest absolute Gasteiger partial charge is 0.478 e. The van der Waals surface area contributed by atoms with Crippen LogP contribution in [-0.4, -0.2) is 18.1 Å². The minimum absolute atomic E-state index is 0.233. The fourth-order valence-corrected chi connectivity index (χ4v) is 1.64. The molecule has 1 heterocycles. The standard InChI is InChI=1S/C12H11NO3/c1-13-11-8(10-6-3-7-16-10)4-2-5-9(11)12(14)15/h2-7,13H,1H3,(H,14,15). The molecule has 1 aromatic heterocycles. The Hall–Kier alpha value is -2.23. The summed E-state index contributed by atoms with van der Waals surface area (Å²) >= 11 is 0. The number of rotatable bonds is 3. The van der Waals surface area contributed by atoms with Crippen molar-refractivity contribution in [3.63, 3.8) is 0 Å². The van der Waals surface area contributed by atoms with Crippen molar-refractivity contribution in [2.45, 2.75) is 0 Å². The predicted octanol–water partition coefficient (Wildman–Crippen LogP) is 2.69. The molecule has 4 heteroatoms. The van der Waals surface area contributed by atoms with Crippen LogP contribution in [0.2, 0.25) is 0 Å². The topological polar surface area (TPSA) is 62.5 Å². The summed E-state index contributed by atoms with van der Waals surface area (Å²) < 4.78 is 5.26. The minimum Gasteiger partial charge on any atom is -0.478 e. The summed E-state index contributed by atoms with van der Waals surface area (Å²) in [6.45, 7) is 0. The molecule has 0 aliphatic rings. The van der Waals surface area contributed by atoms with E-state index in [1.54, 1.807) is 37.6 Å². The molecule has 1 aromatic carbocycles. The van der Waals surface area contributed by atoms with Crippen LogP contribution in [-0.2, 0) is 0 Å². The van der Waals surface area contributed by atoms with E-state index in [0.29, 0.717) is 11.4 Å². The van der Waals surface area contributed by atoms with Gasteiger partial charge >= 0.3 is 5.97 Å². The van der Waals surface area contributed by atoms with E-state index in [9.17, 15) is 4.79 Å². The lowest BCUT2D eigenvalue weighted by Gasteiger charge is -2.09. The van der Waals surface area contributed by atoms with Crippen molar-refractivity contribution in [3.05, 3.63) is 42.2 Å². The van der Waals surface area contributed by atoms with Gasteiger partial charge in [0.05, 0.1) is 17.5 Å². The van der Waals surface area contributed by atoms with Crippen molar-refractivity contribution in [2.24, 2.45) is 0 Å². The van der Waals surface area contributed by atoms with Crippen LogP contribution in [0.4, 0.5) is 5.69 Å². The molecule has 2 rings (SSSR count). The van der Waals surface area contributed by atoms with E-state index >= 15 is 0 Å². The monoisotopic (exact) mass is 217 g/mol. The lowest BCUT2D eigenvalue weighted by atomic mass is 10.1. The van der Waals surface area contributed by atoms with E-state index in [4.69, 9.17) is 9.52 Å². The van der Waals surface area contributed by atoms with Crippen LogP contribution >= 0.6 is 0 Å². The van der Waals surface area contributed by atoms with Gasteiger partial charge in [0.15, 0.2) is 0 Å². The summed E-state index contributed by atoms with van der Waals surface area (Å²) in [5.74, 6) is -0.315. The summed E-state index contributed by atoms with van der Waals surface area (Å²) in [7, 11) is 1.69. The van der Waals surface area contributed by atoms with Crippen LogP contribution in [0.3, 0.4) is 0 Å². The van der Waals surface area contributed by atoms with Crippen molar-refractivity contribution >= 4 is 11.7 Å². The van der Waals surface area contributed by atoms with Gasteiger partial charge in [0, 0.05) is 12.6 Å². The van der Waals surface area contributed by atoms with Gasteiger partial charge < -0.3 is 14.8 Å². The van der Waals surface area contributed by atoms with Crippen molar-refractivity contribution in [1.82, 2.24) is 0 Å². The molecule has 0 atom stereocenters. The van der Waals surface area contributed by atoms with Gasteiger partial charge in [0.25, 0.3) is 0 Å². The first-order valence-electron chi connectivity index (χ1n) is 4.82. The Bertz CT molecular complexity index is 503. The number of carbonyl (C=O) groups is 1. The van der Waals surface area contributed by atoms with Crippen LogP contribution in [0.25, 0.3) is 11.3 Å². The first-order valence-corrected chi connectivity index (χ1v) is 4.82.